The fraction of sp³-hybridized carbons (Fsp3) is 0.455. The van der Waals surface area contributed by atoms with Crippen molar-refractivity contribution in [3.63, 3.8) is 0 Å². The predicted molar refractivity (Wildman–Crippen MR) is 56.5 cm³/mol. The first-order chi connectivity index (χ1) is 7.61. The normalized spacial score (nSPS) is 12.8. The molecule has 0 aliphatic heterocycles. The smallest absolute Gasteiger partial charge is 0.387 e. The molecule has 1 aromatic rings. The first-order valence-corrected chi connectivity index (χ1v) is 5.00. The van der Waals surface area contributed by atoms with Crippen LogP contribution in [0.15, 0.2) is 24.3 Å². The van der Waals surface area contributed by atoms with Gasteiger partial charge in [-0.25, -0.2) is 0 Å². The first-order valence-electron chi connectivity index (χ1n) is 5.00. The van der Waals surface area contributed by atoms with Crippen LogP contribution in [0.5, 0.6) is 5.75 Å². The molecule has 1 rings (SSSR count). The maximum absolute atomic E-state index is 11.9. The molecular formula is C11H15F2NO2. The lowest BCUT2D eigenvalue weighted by molar-refractivity contribution is -0.0498. The Bertz CT molecular complexity index is 303. The van der Waals surface area contributed by atoms with Crippen molar-refractivity contribution in [3.05, 3.63) is 29.8 Å². The van der Waals surface area contributed by atoms with E-state index >= 15 is 0 Å². The van der Waals surface area contributed by atoms with E-state index in [0.717, 1.165) is 5.56 Å². The van der Waals surface area contributed by atoms with E-state index < -0.39 is 6.61 Å². The summed E-state index contributed by atoms with van der Waals surface area (Å²) in [6.07, 6.45) is 0. The molecule has 0 saturated heterocycles. The first kappa shape index (κ1) is 12.9. The van der Waals surface area contributed by atoms with E-state index in [9.17, 15) is 8.78 Å². The van der Waals surface area contributed by atoms with Gasteiger partial charge in [0.25, 0.3) is 0 Å². The van der Waals surface area contributed by atoms with Gasteiger partial charge in [0.1, 0.15) is 5.75 Å². The highest BCUT2D eigenvalue weighted by atomic mass is 19.3. The molecule has 16 heavy (non-hydrogen) atoms. The standard InChI is InChI=1S/C11H15F2NO2/c1-8(7-15)14-6-9-2-4-10(5-3-9)16-11(12)13/h2-5,8,11,14-15H,6-7H2,1H3/t8-/m0/s1. The number of aliphatic hydroxyl groups is 1. The van der Waals surface area contributed by atoms with Gasteiger partial charge < -0.3 is 15.2 Å². The van der Waals surface area contributed by atoms with Crippen LogP contribution in [0.25, 0.3) is 0 Å². The summed E-state index contributed by atoms with van der Waals surface area (Å²) in [5.41, 5.74) is 0.946. The summed E-state index contributed by atoms with van der Waals surface area (Å²) < 4.78 is 27.9. The number of halogens is 2. The van der Waals surface area contributed by atoms with Crippen LogP contribution < -0.4 is 10.1 Å². The Hall–Kier alpha value is -1.20. The number of hydrogen-bond donors (Lipinski definition) is 2. The van der Waals surface area contributed by atoms with Crippen molar-refractivity contribution in [2.75, 3.05) is 6.61 Å². The molecule has 0 heterocycles. The van der Waals surface area contributed by atoms with Gasteiger partial charge in [0.05, 0.1) is 6.61 Å². The molecule has 2 N–H and O–H groups in total. The third-order valence-corrected chi connectivity index (χ3v) is 2.08. The van der Waals surface area contributed by atoms with Crippen LogP contribution in [0.4, 0.5) is 8.78 Å². The molecule has 0 saturated carbocycles. The van der Waals surface area contributed by atoms with Crippen molar-refractivity contribution in [3.8, 4) is 5.75 Å². The van der Waals surface area contributed by atoms with Gasteiger partial charge in [-0.2, -0.15) is 8.78 Å². The third kappa shape index (κ3) is 4.55. The van der Waals surface area contributed by atoms with E-state index in [1.54, 1.807) is 12.1 Å². The number of aliphatic hydroxyl groups excluding tert-OH is 1. The van der Waals surface area contributed by atoms with Crippen LogP contribution in [-0.4, -0.2) is 24.4 Å². The molecule has 0 amide bonds. The van der Waals surface area contributed by atoms with Gasteiger partial charge in [0.2, 0.25) is 0 Å². The molecule has 0 aliphatic carbocycles. The topological polar surface area (TPSA) is 41.5 Å². The summed E-state index contributed by atoms with van der Waals surface area (Å²) >= 11 is 0. The van der Waals surface area contributed by atoms with Gasteiger partial charge in [0.15, 0.2) is 0 Å². The molecule has 1 aromatic carbocycles. The van der Waals surface area contributed by atoms with Gasteiger partial charge >= 0.3 is 6.61 Å². The zero-order valence-electron chi connectivity index (χ0n) is 8.99. The molecule has 0 radical (unpaired) electrons. The number of hydrogen-bond acceptors (Lipinski definition) is 3. The fourth-order valence-electron chi connectivity index (χ4n) is 1.15. The molecule has 0 fully saturated rings. The van der Waals surface area contributed by atoms with Crippen LogP contribution in [0.3, 0.4) is 0 Å². The molecule has 5 heteroatoms. The number of benzene rings is 1. The highest BCUT2D eigenvalue weighted by molar-refractivity contribution is 5.27. The fourth-order valence-corrected chi connectivity index (χ4v) is 1.15. The van der Waals surface area contributed by atoms with Gasteiger partial charge in [0, 0.05) is 12.6 Å². The summed E-state index contributed by atoms with van der Waals surface area (Å²) in [6.45, 7) is -0.296. The lowest BCUT2D eigenvalue weighted by Crippen LogP contribution is -2.28. The summed E-state index contributed by atoms with van der Waals surface area (Å²) in [5, 5.41) is 11.9. The van der Waals surface area contributed by atoms with E-state index in [2.05, 4.69) is 10.1 Å². The van der Waals surface area contributed by atoms with Crippen molar-refractivity contribution in [2.45, 2.75) is 26.1 Å². The number of alkyl halides is 2. The lowest BCUT2D eigenvalue weighted by atomic mass is 10.2. The lowest BCUT2D eigenvalue weighted by Gasteiger charge is -2.11. The monoisotopic (exact) mass is 231 g/mol. The van der Waals surface area contributed by atoms with E-state index in [4.69, 9.17) is 5.11 Å². The van der Waals surface area contributed by atoms with E-state index in [1.807, 2.05) is 6.92 Å². The Balaban J connectivity index is 2.45. The Labute approximate surface area is 93.0 Å². The predicted octanol–water partition coefficient (Wildman–Crippen LogP) is 1.76. The van der Waals surface area contributed by atoms with Crippen molar-refractivity contribution in [2.24, 2.45) is 0 Å². The molecule has 0 unspecified atom stereocenters. The zero-order valence-corrected chi connectivity index (χ0v) is 8.99. The maximum Gasteiger partial charge on any atom is 0.387 e. The molecular weight excluding hydrogens is 216 g/mol. The SMILES string of the molecule is C[C@@H](CO)NCc1ccc(OC(F)F)cc1. The summed E-state index contributed by atoms with van der Waals surface area (Å²) in [6, 6.07) is 6.40. The van der Waals surface area contributed by atoms with Gasteiger partial charge in [-0.05, 0) is 24.6 Å². The summed E-state index contributed by atoms with van der Waals surface area (Å²) in [7, 11) is 0. The van der Waals surface area contributed by atoms with Crippen molar-refractivity contribution < 1.29 is 18.6 Å². The van der Waals surface area contributed by atoms with Crippen molar-refractivity contribution >= 4 is 0 Å². The largest absolute Gasteiger partial charge is 0.435 e. The minimum atomic E-state index is -2.79. The van der Waals surface area contributed by atoms with Gasteiger partial charge in [-0.1, -0.05) is 12.1 Å². The molecule has 0 bridgehead atoms. The van der Waals surface area contributed by atoms with Crippen LogP contribution in [-0.2, 0) is 6.54 Å². The maximum atomic E-state index is 11.9. The second-order valence-electron chi connectivity index (χ2n) is 3.49. The highest BCUT2D eigenvalue weighted by Crippen LogP contribution is 2.14. The number of rotatable bonds is 6. The van der Waals surface area contributed by atoms with Crippen molar-refractivity contribution in [1.82, 2.24) is 5.32 Å². The van der Waals surface area contributed by atoms with Gasteiger partial charge in [-0.3, -0.25) is 0 Å². The Morgan fingerprint density at radius 1 is 1.31 bits per heavy atom. The minimum Gasteiger partial charge on any atom is -0.435 e. The van der Waals surface area contributed by atoms with Crippen LogP contribution >= 0.6 is 0 Å². The second-order valence-corrected chi connectivity index (χ2v) is 3.49. The van der Waals surface area contributed by atoms with Crippen LogP contribution in [0.1, 0.15) is 12.5 Å². The quantitative estimate of drug-likeness (QED) is 0.783. The Morgan fingerprint density at radius 2 is 1.94 bits per heavy atom. The van der Waals surface area contributed by atoms with Crippen LogP contribution in [0, 0.1) is 0 Å². The second kappa shape index (κ2) is 6.40. The summed E-state index contributed by atoms with van der Waals surface area (Å²) in [4.78, 5) is 0. The average Bonchev–Trinajstić information content (AvgIpc) is 2.27. The Kier molecular flexibility index (Phi) is 5.14. The zero-order chi connectivity index (χ0) is 12.0. The van der Waals surface area contributed by atoms with E-state index in [1.165, 1.54) is 12.1 Å². The average molecular weight is 231 g/mol. The Morgan fingerprint density at radius 3 is 2.44 bits per heavy atom. The number of ether oxygens (including phenoxy) is 1. The molecule has 3 nitrogen and oxygen atoms in total. The third-order valence-electron chi connectivity index (χ3n) is 2.08. The van der Waals surface area contributed by atoms with E-state index in [-0.39, 0.29) is 18.4 Å². The molecule has 1 atom stereocenters. The van der Waals surface area contributed by atoms with Gasteiger partial charge in [-0.15, -0.1) is 0 Å². The van der Waals surface area contributed by atoms with Crippen molar-refractivity contribution in [1.29, 1.82) is 0 Å². The molecule has 0 aromatic heterocycles. The minimum absolute atomic E-state index is 0.0111. The summed E-state index contributed by atoms with van der Waals surface area (Å²) in [5.74, 6) is 0.147. The van der Waals surface area contributed by atoms with Crippen LogP contribution in [0.2, 0.25) is 0 Å². The molecule has 90 valence electrons. The molecule has 0 spiro atoms. The molecule has 0 aliphatic rings. The number of nitrogens with one attached hydrogen (secondary N) is 1. The van der Waals surface area contributed by atoms with E-state index in [0.29, 0.717) is 6.54 Å². The highest BCUT2D eigenvalue weighted by Gasteiger charge is 2.04.